The molecule has 82 valence electrons. The summed E-state index contributed by atoms with van der Waals surface area (Å²) in [6, 6.07) is -0.393. The fraction of sp³-hybridized carbons (Fsp3) is 0.636. The van der Waals surface area contributed by atoms with E-state index in [1.807, 2.05) is 12.2 Å². The number of carbonyl (C=O) groups excluding carboxylic acids is 2. The predicted octanol–water partition coefficient (Wildman–Crippen LogP) is 0.318. The van der Waals surface area contributed by atoms with Gasteiger partial charge in [0.2, 0.25) is 11.8 Å². The molecule has 0 saturated carbocycles. The number of imide groups is 1. The minimum atomic E-state index is -0.393. The van der Waals surface area contributed by atoms with E-state index in [1.54, 1.807) is 6.92 Å². The highest BCUT2D eigenvalue weighted by atomic mass is 16.3. The molecule has 1 saturated heterocycles. The number of amides is 2. The number of likely N-dealkylation sites (tertiary alicyclic amines) is 1. The van der Waals surface area contributed by atoms with Gasteiger partial charge in [-0.2, -0.15) is 0 Å². The van der Waals surface area contributed by atoms with Gasteiger partial charge in [-0.25, -0.2) is 0 Å². The van der Waals surface area contributed by atoms with Crippen molar-refractivity contribution in [3.63, 3.8) is 0 Å². The highest BCUT2D eigenvalue weighted by Crippen LogP contribution is 2.35. The van der Waals surface area contributed by atoms with Crippen LogP contribution in [-0.2, 0) is 9.59 Å². The number of hydrogen-bond acceptors (Lipinski definition) is 3. The van der Waals surface area contributed by atoms with E-state index in [4.69, 9.17) is 5.11 Å². The molecule has 0 spiro atoms. The minimum absolute atomic E-state index is 0.115. The Kier molecular flexibility index (Phi) is 2.61. The lowest BCUT2D eigenvalue weighted by Gasteiger charge is -2.20. The van der Waals surface area contributed by atoms with E-state index >= 15 is 0 Å². The first kappa shape index (κ1) is 10.4. The molecule has 1 aliphatic carbocycles. The SMILES string of the molecule is CC(CO)N1C(=O)C2CC=CCC2C1=O. The van der Waals surface area contributed by atoms with E-state index in [-0.39, 0.29) is 30.3 Å². The molecule has 2 aliphatic rings. The Bertz CT molecular complexity index is 298. The van der Waals surface area contributed by atoms with Crippen molar-refractivity contribution >= 4 is 11.8 Å². The summed E-state index contributed by atoms with van der Waals surface area (Å²) in [4.78, 5) is 25.1. The summed E-state index contributed by atoms with van der Waals surface area (Å²) in [5.41, 5.74) is 0. The maximum atomic E-state index is 11.9. The summed E-state index contributed by atoms with van der Waals surface area (Å²) < 4.78 is 0. The summed E-state index contributed by atoms with van der Waals surface area (Å²) in [5.74, 6) is -0.597. The second-order valence-corrected chi connectivity index (χ2v) is 4.23. The van der Waals surface area contributed by atoms with Crippen molar-refractivity contribution in [2.24, 2.45) is 11.8 Å². The molecule has 1 fully saturated rings. The van der Waals surface area contributed by atoms with Crippen molar-refractivity contribution in [1.29, 1.82) is 0 Å². The predicted molar refractivity (Wildman–Crippen MR) is 53.8 cm³/mol. The molecule has 0 aromatic carbocycles. The molecule has 4 nitrogen and oxygen atoms in total. The normalized spacial score (nSPS) is 32.0. The van der Waals surface area contributed by atoms with Crippen molar-refractivity contribution in [3.05, 3.63) is 12.2 Å². The third-order valence-corrected chi connectivity index (χ3v) is 3.25. The van der Waals surface area contributed by atoms with Gasteiger partial charge in [-0.1, -0.05) is 12.2 Å². The zero-order valence-corrected chi connectivity index (χ0v) is 8.72. The van der Waals surface area contributed by atoms with Crippen LogP contribution in [0.4, 0.5) is 0 Å². The van der Waals surface area contributed by atoms with Gasteiger partial charge in [0.1, 0.15) is 0 Å². The van der Waals surface area contributed by atoms with E-state index in [0.29, 0.717) is 12.8 Å². The third kappa shape index (κ3) is 1.49. The molecule has 1 heterocycles. The summed E-state index contributed by atoms with van der Waals surface area (Å²) in [6.45, 7) is 1.53. The van der Waals surface area contributed by atoms with Crippen LogP contribution in [0, 0.1) is 11.8 Å². The molecule has 3 atom stereocenters. The molecule has 0 aromatic rings. The van der Waals surface area contributed by atoms with Crippen LogP contribution < -0.4 is 0 Å². The second kappa shape index (κ2) is 3.77. The maximum Gasteiger partial charge on any atom is 0.233 e. The molecule has 1 N–H and O–H groups in total. The molecule has 0 bridgehead atoms. The van der Waals surface area contributed by atoms with Crippen molar-refractivity contribution in [2.75, 3.05) is 6.61 Å². The van der Waals surface area contributed by atoms with Gasteiger partial charge in [0.15, 0.2) is 0 Å². The molecule has 4 heteroatoms. The van der Waals surface area contributed by atoms with Crippen LogP contribution in [0.5, 0.6) is 0 Å². The first-order valence-corrected chi connectivity index (χ1v) is 5.29. The molecular formula is C11H15NO3. The molecular weight excluding hydrogens is 194 g/mol. The number of nitrogens with zero attached hydrogens (tertiary/aromatic N) is 1. The van der Waals surface area contributed by atoms with E-state index in [2.05, 4.69) is 0 Å². The fourth-order valence-corrected chi connectivity index (χ4v) is 2.34. The Morgan fingerprint density at radius 3 is 2.20 bits per heavy atom. The largest absolute Gasteiger partial charge is 0.394 e. The molecule has 2 rings (SSSR count). The van der Waals surface area contributed by atoms with Gasteiger partial charge in [0.25, 0.3) is 0 Å². The number of allylic oxidation sites excluding steroid dienone is 2. The van der Waals surface area contributed by atoms with Gasteiger partial charge in [-0.05, 0) is 19.8 Å². The molecule has 2 amide bonds. The van der Waals surface area contributed by atoms with Gasteiger partial charge in [-0.3, -0.25) is 14.5 Å². The monoisotopic (exact) mass is 209 g/mol. The van der Waals surface area contributed by atoms with Gasteiger partial charge in [-0.15, -0.1) is 0 Å². The summed E-state index contributed by atoms with van der Waals surface area (Å²) in [7, 11) is 0. The average Bonchev–Trinajstić information content (AvgIpc) is 2.52. The number of carbonyl (C=O) groups is 2. The zero-order chi connectivity index (χ0) is 11.0. The molecule has 0 aromatic heterocycles. The van der Waals surface area contributed by atoms with Gasteiger partial charge < -0.3 is 5.11 Å². The Morgan fingerprint density at radius 2 is 1.80 bits per heavy atom. The lowest BCUT2D eigenvalue weighted by molar-refractivity contribution is -0.143. The van der Waals surface area contributed by atoms with E-state index in [1.165, 1.54) is 4.90 Å². The second-order valence-electron chi connectivity index (χ2n) is 4.23. The first-order chi connectivity index (χ1) is 7.16. The standard InChI is InChI=1S/C11H15NO3/c1-7(6-13)12-10(14)8-4-2-3-5-9(8)11(12)15/h2-3,7-9,13H,4-6H2,1H3. The Hall–Kier alpha value is -1.16. The Balaban J connectivity index is 2.24. The molecule has 0 radical (unpaired) electrons. The maximum absolute atomic E-state index is 11.9. The number of aliphatic hydroxyl groups is 1. The zero-order valence-electron chi connectivity index (χ0n) is 8.72. The average molecular weight is 209 g/mol. The van der Waals surface area contributed by atoms with Crippen LogP contribution >= 0.6 is 0 Å². The summed E-state index contributed by atoms with van der Waals surface area (Å²) >= 11 is 0. The Morgan fingerprint density at radius 1 is 1.33 bits per heavy atom. The van der Waals surface area contributed by atoms with Gasteiger partial charge in [0, 0.05) is 0 Å². The van der Waals surface area contributed by atoms with Crippen LogP contribution in [0.15, 0.2) is 12.2 Å². The van der Waals surface area contributed by atoms with E-state index < -0.39 is 6.04 Å². The molecule has 3 unspecified atom stereocenters. The number of fused-ring (bicyclic) bond motifs is 1. The Labute approximate surface area is 88.6 Å². The number of hydrogen-bond donors (Lipinski definition) is 1. The summed E-state index contributed by atoms with van der Waals surface area (Å²) in [6.07, 6.45) is 5.23. The lowest BCUT2D eigenvalue weighted by atomic mass is 9.85. The molecule has 1 aliphatic heterocycles. The smallest absolute Gasteiger partial charge is 0.233 e. The van der Waals surface area contributed by atoms with E-state index in [9.17, 15) is 9.59 Å². The fourth-order valence-electron chi connectivity index (χ4n) is 2.34. The van der Waals surface area contributed by atoms with E-state index in [0.717, 1.165) is 0 Å². The number of rotatable bonds is 2. The minimum Gasteiger partial charge on any atom is -0.394 e. The summed E-state index contributed by atoms with van der Waals surface area (Å²) in [5, 5.41) is 9.00. The van der Waals surface area contributed by atoms with Crippen LogP contribution in [-0.4, -0.2) is 34.5 Å². The third-order valence-electron chi connectivity index (χ3n) is 3.25. The van der Waals surface area contributed by atoms with Crippen molar-refractivity contribution in [2.45, 2.75) is 25.8 Å². The van der Waals surface area contributed by atoms with Crippen molar-refractivity contribution < 1.29 is 14.7 Å². The van der Waals surface area contributed by atoms with Crippen molar-refractivity contribution in [3.8, 4) is 0 Å². The molecule has 15 heavy (non-hydrogen) atoms. The highest BCUT2D eigenvalue weighted by molar-refractivity contribution is 6.05. The van der Waals surface area contributed by atoms with Crippen LogP contribution in [0.2, 0.25) is 0 Å². The highest BCUT2D eigenvalue weighted by Gasteiger charge is 2.48. The number of aliphatic hydroxyl groups excluding tert-OH is 1. The van der Waals surface area contributed by atoms with Gasteiger partial charge in [0.05, 0.1) is 24.5 Å². The lowest BCUT2D eigenvalue weighted by Crippen LogP contribution is -2.41. The van der Waals surface area contributed by atoms with Crippen LogP contribution in [0.1, 0.15) is 19.8 Å². The quantitative estimate of drug-likeness (QED) is 0.526. The van der Waals surface area contributed by atoms with Crippen LogP contribution in [0.25, 0.3) is 0 Å². The van der Waals surface area contributed by atoms with Crippen molar-refractivity contribution in [1.82, 2.24) is 4.90 Å². The van der Waals surface area contributed by atoms with Gasteiger partial charge >= 0.3 is 0 Å². The van der Waals surface area contributed by atoms with Crippen LogP contribution in [0.3, 0.4) is 0 Å². The topological polar surface area (TPSA) is 57.6 Å². The first-order valence-electron chi connectivity index (χ1n) is 5.29.